The Morgan fingerprint density at radius 3 is 2.38 bits per heavy atom. The van der Waals surface area contributed by atoms with Gasteiger partial charge in [-0.3, -0.25) is 14.9 Å². The number of urea groups is 1. The van der Waals surface area contributed by atoms with Crippen LogP contribution in [0.1, 0.15) is 27.7 Å². The van der Waals surface area contributed by atoms with Crippen molar-refractivity contribution in [3.63, 3.8) is 0 Å². The maximum absolute atomic E-state index is 12.1. The zero-order valence-electron chi connectivity index (χ0n) is 13.8. The van der Waals surface area contributed by atoms with Gasteiger partial charge in [-0.25, -0.2) is 4.79 Å². The SMILES string of the molecule is CC(C)[C@@H](SC1=C(C#N)C(C)(C)[C@H](C#N)C(=O)N1)C(=O)NC(N)=O. The quantitative estimate of drug-likeness (QED) is 0.688. The second-order valence-corrected chi connectivity index (χ2v) is 7.38. The molecule has 0 aromatic rings. The number of rotatable bonds is 4. The molecular formula is C15H19N5O3S. The highest BCUT2D eigenvalue weighted by Crippen LogP contribution is 2.43. The predicted molar refractivity (Wildman–Crippen MR) is 87.6 cm³/mol. The van der Waals surface area contributed by atoms with E-state index in [1.807, 2.05) is 17.5 Å². The first-order valence-electron chi connectivity index (χ1n) is 7.18. The van der Waals surface area contributed by atoms with E-state index in [0.29, 0.717) is 0 Å². The number of hydrogen-bond donors (Lipinski definition) is 3. The normalized spacial score (nSPS) is 20.6. The average Bonchev–Trinajstić information content (AvgIpc) is 2.42. The number of carbonyl (C=O) groups excluding carboxylic acids is 3. The minimum Gasteiger partial charge on any atom is -0.351 e. The molecule has 0 aromatic carbocycles. The van der Waals surface area contributed by atoms with Gasteiger partial charge in [-0.1, -0.05) is 39.5 Å². The molecule has 0 saturated heterocycles. The van der Waals surface area contributed by atoms with Crippen LogP contribution in [-0.4, -0.2) is 23.1 Å². The molecule has 0 aliphatic carbocycles. The van der Waals surface area contributed by atoms with E-state index in [1.165, 1.54) is 0 Å². The molecule has 0 unspecified atom stereocenters. The van der Waals surface area contributed by atoms with E-state index in [4.69, 9.17) is 5.73 Å². The van der Waals surface area contributed by atoms with Crippen LogP contribution in [0.4, 0.5) is 4.79 Å². The van der Waals surface area contributed by atoms with E-state index < -0.39 is 34.4 Å². The summed E-state index contributed by atoms with van der Waals surface area (Å²) in [5.74, 6) is -2.34. The molecule has 128 valence electrons. The molecule has 0 fully saturated rings. The Balaban J connectivity index is 3.27. The van der Waals surface area contributed by atoms with Crippen molar-refractivity contribution in [1.82, 2.24) is 10.6 Å². The van der Waals surface area contributed by atoms with Crippen molar-refractivity contribution >= 4 is 29.6 Å². The van der Waals surface area contributed by atoms with Gasteiger partial charge in [0.1, 0.15) is 5.92 Å². The highest BCUT2D eigenvalue weighted by Gasteiger charge is 2.45. The Kier molecular flexibility index (Phi) is 5.99. The summed E-state index contributed by atoms with van der Waals surface area (Å²) in [6.45, 7) is 6.79. The van der Waals surface area contributed by atoms with Crippen LogP contribution >= 0.6 is 11.8 Å². The monoisotopic (exact) mass is 349 g/mol. The topological polar surface area (TPSA) is 149 Å². The number of imide groups is 1. The Hall–Kier alpha value is -2.52. The molecule has 0 saturated carbocycles. The molecular weight excluding hydrogens is 330 g/mol. The van der Waals surface area contributed by atoms with Crippen LogP contribution < -0.4 is 16.4 Å². The summed E-state index contributed by atoms with van der Waals surface area (Å²) >= 11 is 0.971. The fourth-order valence-corrected chi connectivity index (χ4v) is 3.60. The van der Waals surface area contributed by atoms with Crippen molar-refractivity contribution in [3.8, 4) is 12.1 Å². The predicted octanol–water partition coefficient (Wildman–Crippen LogP) is 0.970. The van der Waals surface area contributed by atoms with Crippen LogP contribution in [0.3, 0.4) is 0 Å². The van der Waals surface area contributed by atoms with Gasteiger partial charge in [0.2, 0.25) is 11.8 Å². The van der Waals surface area contributed by atoms with Crippen molar-refractivity contribution in [2.45, 2.75) is 32.9 Å². The summed E-state index contributed by atoms with van der Waals surface area (Å²) in [4.78, 5) is 35.2. The van der Waals surface area contributed by atoms with Gasteiger partial charge < -0.3 is 11.1 Å². The lowest BCUT2D eigenvalue weighted by Crippen LogP contribution is -2.46. The van der Waals surface area contributed by atoms with Crippen molar-refractivity contribution in [1.29, 1.82) is 10.5 Å². The van der Waals surface area contributed by atoms with Crippen LogP contribution in [0.5, 0.6) is 0 Å². The van der Waals surface area contributed by atoms with Gasteiger partial charge >= 0.3 is 6.03 Å². The molecule has 9 heteroatoms. The minimum atomic E-state index is -1.01. The molecule has 1 aliphatic heterocycles. The van der Waals surface area contributed by atoms with E-state index in [9.17, 15) is 24.9 Å². The van der Waals surface area contributed by atoms with E-state index in [1.54, 1.807) is 27.7 Å². The van der Waals surface area contributed by atoms with Gasteiger partial charge in [0.25, 0.3) is 0 Å². The molecule has 8 nitrogen and oxygen atoms in total. The lowest BCUT2D eigenvalue weighted by Gasteiger charge is -2.35. The molecule has 0 aromatic heterocycles. The van der Waals surface area contributed by atoms with Gasteiger partial charge in [0, 0.05) is 5.41 Å². The summed E-state index contributed by atoms with van der Waals surface area (Å²) in [6.07, 6.45) is 0. The van der Waals surface area contributed by atoms with Crippen molar-refractivity contribution in [2.24, 2.45) is 23.0 Å². The number of amides is 4. The standard InChI is InChI=1S/C15H19N5O3S/c1-7(2)10(12(22)20-14(18)23)24-13-9(6-17)15(3,4)8(5-16)11(21)19-13/h7-8,10H,1-4H3,(H,19,21)(H3,18,20,22,23)/t8-,10-/m1/s1. The van der Waals surface area contributed by atoms with E-state index in [0.717, 1.165) is 11.8 Å². The van der Waals surface area contributed by atoms with Gasteiger partial charge in [-0.15, -0.1) is 0 Å². The molecule has 1 rings (SSSR count). The number of carbonyl (C=O) groups is 3. The number of nitrogens with two attached hydrogens (primary N) is 1. The summed E-state index contributed by atoms with van der Waals surface area (Å²) in [6, 6.07) is 2.96. The third-order valence-electron chi connectivity index (χ3n) is 3.69. The van der Waals surface area contributed by atoms with Crippen LogP contribution in [-0.2, 0) is 9.59 Å². The largest absolute Gasteiger partial charge is 0.351 e. The first-order valence-corrected chi connectivity index (χ1v) is 8.06. The number of nitrogens with zero attached hydrogens (tertiary/aromatic N) is 2. The Morgan fingerprint density at radius 2 is 1.96 bits per heavy atom. The third kappa shape index (κ3) is 3.87. The maximum Gasteiger partial charge on any atom is 0.318 e. The first-order chi connectivity index (χ1) is 11.1. The van der Waals surface area contributed by atoms with E-state index >= 15 is 0 Å². The van der Waals surface area contributed by atoms with Crippen LogP contribution in [0.15, 0.2) is 10.6 Å². The lowest BCUT2D eigenvalue weighted by atomic mass is 9.72. The second kappa shape index (κ2) is 7.37. The fourth-order valence-electron chi connectivity index (χ4n) is 2.33. The Bertz CT molecular complexity index is 684. The van der Waals surface area contributed by atoms with Gasteiger partial charge in [0.15, 0.2) is 0 Å². The smallest absolute Gasteiger partial charge is 0.318 e. The number of hydrogen-bond acceptors (Lipinski definition) is 6. The molecule has 2 atom stereocenters. The second-order valence-electron chi connectivity index (χ2n) is 6.22. The molecule has 1 aliphatic rings. The van der Waals surface area contributed by atoms with E-state index in [2.05, 4.69) is 5.32 Å². The van der Waals surface area contributed by atoms with Gasteiger partial charge in [-0.2, -0.15) is 10.5 Å². The average molecular weight is 349 g/mol. The third-order valence-corrected chi connectivity index (χ3v) is 5.24. The minimum absolute atomic E-state index is 0.199. The molecule has 0 radical (unpaired) electrons. The van der Waals surface area contributed by atoms with Crippen molar-refractivity contribution in [3.05, 3.63) is 10.6 Å². The van der Waals surface area contributed by atoms with Crippen LogP contribution in [0.25, 0.3) is 0 Å². The summed E-state index contributed by atoms with van der Waals surface area (Å²) < 4.78 is 0. The molecule has 1 heterocycles. The highest BCUT2D eigenvalue weighted by atomic mass is 32.2. The molecule has 4 amide bonds. The summed E-state index contributed by atoms with van der Waals surface area (Å²) in [5, 5.41) is 22.7. The summed E-state index contributed by atoms with van der Waals surface area (Å²) in [7, 11) is 0. The number of primary amides is 1. The highest BCUT2D eigenvalue weighted by molar-refractivity contribution is 8.04. The number of thioether (sulfide) groups is 1. The fraction of sp³-hybridized carbons (Fsp3) is 0.533. The molecule has 24 heavy (non-hydrogen) atoms. The van der Waals surface area contributed by atoms with Crippen molar-refractivity contribution < 1.29 is 14.4 Å². The molecule has 0 spiro atoms. The molecule has 0 bridgehead atoms. The molecule has 4 N–H and O–H groups in total. The first kappa shape index (κ1) is 19.5. The number of allylic oxidation sites excluding steroid dienone is 1. The van der Waals surface area contributed by atoms with Gasteiger partial charge in [-0.05, 0) is 5.92 Å². The lowest BCUT2D eigenvalue weighted by molar-refractivity contribution is -0.125. The number of nitrogens with one attached hydrogen (secondary N) is 2. The van der Waals surface area contributed by atoms with Gasteiger partial charge in [0.05, 0.1) is 28.0 Å². The van der Waals surface area contributed by atoms with Crippen LogP contribution in [0, 0.1) is 39.9 Å². The Morgan fingerprint density at radius 1 is 1.38 bits per heavy atom. The van der Waals surface area contributed by atoms with Crippen molar-refractivity contribution in [2.75, 3.05) is 0 Å². The maximum atomic E-state index is 12.1. The summed E-state index contributed by atoms with van der Waals surface area (Å²) in [5.41, 5.74) is 4.20. The number of nitriles is 2. The van der Waals surface area contributed by atoms with Crippen LogP contribution in [0.2, 0.25) is 0 Å². The van der Waals surface area contributed by atoms with E-state index in [-0.39, 0.29) is 16.5 Å². The zero-order valence-corrected chi connectivity index (χ0v) is 14.7. The zero-order chi connectivity index (χ0) is 18.7. The Labute approximate surface area is 144 Å².